The lowest BCUT2D eigenvalue weighted by Crippen LogP contribution is -2.26. The molecule has 4 heterocycles. The van der Waals surface area contributed by atoms with Crippen LogP contribution in [0.25, 0.3) is 55.7 Å². The van der Waals surface area contributed by atoms with Crippen molar-refractivity contribution in [3.8, 4) is 45.5 Å². The fraction of sp³-hybridized carbons (Fsp3) is 0.0800. The second-order valence-corrected chi connectivity index (χ2v) is 15.3. The maximum atomic E-state index is 14.4. The minimum atomic E-state index is -1.02. The van der Waals surface area contributed by atoms with Gasteiger partial charge in [-0.3, -0.25) is 9.59 Å². The van der Waals surface area contributed by atoms with Crippen molar-refractivity contribution in [1.29, 1.82) is 0 Å². The Labute approximate surface area is 360 Å². The number of carbonyl (C=O) groups is 4. The zero-order valence-corrected chi connectivity index (χ0v) is 34.1. The SMILES string of the molecule is CC(C)(C)OC(=O)Oc1c(-c2ccc3ccccc3n2)c(C(=O)Oc2ccc(C(=O)c3nn(-c4ccccc4)c(C=O)c3-c3ccc4ccccc4n3)cc2)nn1-c1ccccc1. The Morgan fingerprint density at radius 2 is 1.08 bits per heavy atom. The Bertz CT molecular complexity index is 3210. The zero-order chi connectivity index (χ0) is 43.7. The zero-order valence-electron chi connectivity index (χ0n) is 34.1. The molecule has 0 aliphatic heterocycles. The monoisotopic (exact) mass is 832 g/mol. The number of hydrogen-bond donors (Lipinski definition) is 0. The van der Waals surface area contributed by atoms with Crippen LogP contribution in [0.1, 0.15) is 57.8 Å². The van der Waals surface area contributed by atoms with Crippen LogP contribution in [0.15, 0.2) is 158 Å². The van der Waals surface area contributed by atoms with E-state index in [9.17, 15) is 19.2 Å². The number of pyridine rings is 2. The van der Waals surface area contributed by atoms with Crippen LogP contribution in [0.3, 0.4) is 0 Å². The molecule has 0 bridgehead atoms. The van der Waals surface area contributed by atoms with E-state index < -0.39 is 23.5 Å². The lowest BCUT2D eigenvalue weighted by Gasteiger charge is -2.19. The number of nitrogens with zero attached hydrogens (tertiary/aromatic N) is 6. The van der Waals surface area contributed by atoms with Gasteiger partial charge in [0.2, 0.25) is 11.7 Å². The molecule has 9 aromatic rings. The predicted molar refractivity (Wildman–Crippen MR) is 236 cm³/mol. The molecule has 308 valence electrons. The van der Waals surface area contributed by atoms with Gasteiger partial charge in [0.15, 0.2) is 12.0 Å². The standard InChI is InChI=1S/C50H36N6O7/c1-50(2,3)63-49(60)62-47-43(40-29-25-32-15-11-13-21-38(32)52-40)45(54-56(47)35-18-8-5-9-19-35)48(59)61-36-26-22-33(23-27-36)46(58)44-42(39-28-24-31-14-10-12-20-37(31)51-39)41(30-57)55(53-44)34-16-6-4-7-17-34/h4-30H,1-3H3. The number of rotatable bonds is 10. The van der Waals surface area contributed by atoms with E-state index in [1.165, 1.54) is 33.6 Å². The molecule has 9 rings (SSSR count). The molecule has 13 nitrogen and oxygen atoms in total. The average Bonchev–Trinajstić information content (AvgIpc) is 3.88. The predicted octanol–water partition coefficient (Wildman–Crippen LogP) is 10.1. The van der Waals surface area contributed by atoms with Crippen LogP contribution < -0.4 is 9.47 Å². The Morgan fingerprint density at radius 3 is 1.65 bits per heavy atom. The highest BCUT2D eigenvalue weighted by atomic mass is 16.7. The summed E-state index contributed by atoms with van der Waals surface area (Å²) in [6, 6.07) is 45.9. The fourth-order valence-corrected chi connectivity index (χ4v) is 7.06. The Kier molecular flexibility index (Phi) is 10.4. The maximum Gasteiger partial charge on any atom is 0.515 e. The van der Waals surface area contributed by atoms with Crippen LogP contribution in [0.2, 0.25) is 0 Å². The topological polar surface area (TPSA) is 157 Å². The van der Waals surface area contributed by atoms with Crippen molar-refractivity contribution in [2.75, 3.05) is 0 Å². The van der Waals surface area contributed by atoms with Crippen molar-refractivity contribution in [3.05, 3.63) is 180 Å². The van der Waals surface area contributed by atoms with Crippen molar-refractivity contribution in [3.63, 3.8) is 0 Å². The smallest absolute Gasteiger partial charge is 0.428 e. The lowest BCUT2D eigenvalue weighted by molar-refractivity contribution is 0.0192. The minimum Gasteiger partial charge on any atom is -0.428 e. The molecule has 4 aromatic heterocycles. The van der Waals surface area contributed by atoms with E-state index in [1.807, 2.05) is 84.9 Å². The van der Waals surface area contributed by atoms with Gasteiger partial charge in [-0.2, -0.15) is 14.9 Å². The van der Waals surface area contributed by atoms with E-state index in [0.29, 0.717) is 34.4 Å². The summed E-state index contributed by atoms with van der Waals surface area (Å²) < 4.78 is 20.0. The van der Waals surface area contributed by atoms with Gasteiger partial charge >= 0.3 is 12.1 Å². The summed E-state index contributed by atoms with van der Waals surface area (Å²) >= 11 is 0. The van der Waals surface area contributed by atoms with E-state index in [2.05, 4.69) is 10.2 Å². The summed E-state index contributed by atoms with van der Waals surface area (Å²) in [5.74, 6) is -1.43. The summed E-state index contributed by atoms with van der Waals surface area (Å²) in [4.78, 5) is 64.4. The van der Waals surface area contributed by atoms with Gasteiger partial charge in [0, 0.05) is 16.3 Å². The van der Waals surface area contributed by atoms with Crippen molar-refractivity contribution < 1.29 is 33.4 Å². The first-order valence-electron chi connectivity index (χ1n) is 19.9. The number of esters is 1. The summed E-state index contributed by atoms with van der Waals surface area (Å²) in [5.41, 5.74) is 2.66. The van der Waals surface area contributed by atoms with Crippen molar-refractivity contribution in [1.82, 2.24) is 29.5 Å². The van der Waals surface area contributed by atoms with Gasteiger partial charge in [-0.25, -0.2) is 24.2 Å². The molecule has 0 fully saturated rings. The first-order valence-corrected chi connectivity index (χ1v) is 19.9. The summed E-state index contributed by atoms with van der Waals surface area (Å²) in [7, 11) is 0. The van der Waals surface area contributed by atoms with Gasteiger partial charge in [-0.05, 0) is 93.6 Å². The number of para-hydroxylation sites is 4. The highest BCUT2D eigenvalue weighted by molar-refractivity contribution is 6.13. The number of ether oxygens (including phenoxy) is 3. The normalized spacial score (nSPS) is 11.3. The molecule has 0 spiro atoms. The molecule has 5 aromatic carbocycles. The number of aldehydes is 1. The molecular formula is C50H36N6O7. The number of aromatic nitrogens is 6. The third-order valence-corrected chi connectivity index (χ3v) is 9.89. The second kappa shape index (κ2) is 16.5. The third-order valence-electron chi connectivity index (χ3n) is 9.89. The van der Waals surface area contributed by atoms with Crippen LogP contribution in [0, 0.1) is 0 Å². The highest BCUT2D eigenvalue weighted by Gasteiger charge is 2.32. The van der Waals surface area contributed by atoms with Gasteiger partial charge in [0.05, 0.1) is 44.9 Å². The van der Waals surface area contributed by atoms with Crippen LogP contribution in [0.5, 0.6) is 11.6 Å². The van der Waals surface area contributed by atoms with Crippen molar-refractivity contribution in [2.24, 2.45) is 0 Å². The first-order chi connectivity index (χ1) is 30.5. The maximum absolute atomic E-state index is 14.4. The summed E-state index contributed by atoms with van der Waals surface area (Å²) in [6.07, 6.45) is -0.355. The number of carbonyl (C=O) groups excluding carboxylic acids is 4. The fourth-order valence-electron chi connectivity index (χ4n) is 7.06. The van der Waals surface area contributed by atoms with Crippen molar-refractivity contribution >= 4 is 46.0 Å². The lowest BCUT2D eigenvalue weighted by atomic mass is 10.0. The molecule has 0 saturated heterocycles. The molecule has 0 amide bonds. The van der Waals surface area contributed by atoms with Crippen molar-refractivity contribution in [2.45, 2.75) is 26.4 Å². The van der Waals surface area contributed by atoms with Crippen LogP contribution in [0.4, 0.5) is 4.79 Å². The minimum absolute atomic E-state index is 0.00461. The largest absolute Gasteiger partial charge is 0.515 e. The molecule has 0 unspecified atom stereocenters. The Balaban J connectivity index is 1.09. The van der Waals surface area contributed by atoms with Gasteiger partial charge in [0.25, 0.3) is 0 Å². The molecule has 0 radical (unpaired) electrons. The first kappa shape index (κ1) is 39.9. The van der Waals surface area contributed by atoms with Gasteiger partial charge in [-0.1, -0.05) is 84.9 Å². The Morgan fingerprint density at radius 1 is 0.556 bits per heavy atom. The number of benzene rings is 5. The number of ketones is 1. The van der Waals surface area contributed by atoms with E-state index in [-0.39, 0.29) is 51.1 Å². The summed E-state index contributed by atoms with van der Waals surface area (Å²) in [5, 5.41) is 11.1. The van der Waals surface area contributed by atoms with Gasteiger partial charge in [-0.15, -0.1) is 0 Å². The molecule has 0 aliphatic carbocycles. The average molecular weight is 833 g/mol. The summed E-state index contributed by atoms with van der Waals surface area (Å²) in [6.45, 7) is 5.12. The van der Waals surface area contributed by atoms with E-state index in [1.54, 1.807) is 69.3 Å². The molecular weight excluding hydrogens is 797 g/mol. The second-order valence-electron chi connectivity index (χ2n) is 15.3. The van der Waals surface area contributed by atoms with Crippen LogP contribution in [-0.2, 0) is 4.74 Å². The molecule has 0 aliphatic rings. The molecule has 13 heteroatoms. The highest BCUT2D eigenvalue weighted by Crippen LogP contribution is 2.37. The molecule has 0 saturated carbocycles. The third kappa shape index (κ3) is 8.05. The van der Waals surface area contributed by atoms with Crippen LogP contribution >= 0.6 is 0 Å². The van der Waals surface area contributed by atoms with Crippen LogP contribution in [-0.4, -0.2) is 59.3 Å². The quantitative estimate of drug-likeness (QED) is 0.0559. The van der Waals surface area contributed by atoms with E-state index in [0.717, 1.165) is 10.8 Å². The molecule has 0 N–H and O–H groups in total. The molecule has 63 heavy (non-hydrogen) atoms. The van der Waals surface area contributed by atoms with Gasteiger partial charge < -0.3 is 14.2 Å². The van der Waals surface area contributed by atoms with Gasteiger partial charge in [0.1, 0.15) is 22.7 Å². The molecule has 0 atom stereocenters. The number of fused-ring (bicyclic) bond motifs is 2. The van der Waals surface area contributed by atoms with E-state index in [4.69, 9.17) is 24.2 Å². The Hall–Kier alpha value is -8.58. The number of hydrogen-bond acceptors (Lipinski definition) is 11. The van der Waals surface area contributed by atoms with E-state index >= 15 is 0 Å².